The molecule has 1 heterocycles. The van der Waals surface area contributed by atoms with Crippen LogP contribution in [0, 0.1) is 16.0 Å². The van der Waals surface area contributed by atoms with Gasteiger partial charge in [-0.25, -0.2) is 13.6 Å². The smallest absolute Gasteiger partial charge is 0.293 e. The number of nitro groups is 1. The van der Waals surface area contributed by atoms with Crippen LogP contribution in [-0.4, -0.2) is 32.2 Å². The number of nitrogens with two attached hydrogens (primary N) is 1. The highest BCUT2D eigenvalue weighted by molar-refractivity contribution is 7.89. The molecular formula is C12H15N3O5S. The summed E-state index contributed by atoms with van der Waals surface area (Å²) < 4.78 is 22.6. The number of primary sulfonamides is 1. The van der Waals surface area contributed by atoms with Gasteiger partial charge in [0.1, 0.15) is 11.5 Å². The van der Waals surface area contributed by atoms with Crippen molar-refractivity contribution >= 4 is 27.2 Å². The molecular weight excluding hydrogens is 298 g/mol. The van der Waals surface area contributed by atoms with E-state index in [1.165, 1.54) is 12.1 Å². The van der Waals surface area contributed by atoms with Gasteiger partial charge in [0.25, 0.3) is 5.69 Å². The third-order valence-electron chi connectivity index (χ3n) is 3.48. The second kappa shape index (κ2) is 5.41. The average molecular weight is 313 g/mol. The molecule has 0 bridgehead atoms. The Labute approximate surface area is 121 Å². The van der Waals surface area contributed by atoms with Gasteiger partial charge in [-0.15, -0.1) is 0 Å². The Morgan fingerprint density at radius 2 is 2.10 bits per heavy atom. The van der Waals surface area contributed by atoms with Crippen molar-refractivity contribution in [1.82, 2.24) is 0 Å². The van der Waals surface area contributed by atoms with Crippen LogP contribution in [-0.2, 0) is 14.8 Å². The standard InChI is InChI=1S/C12H15N3O5S/c1-8-7-14(5-4-12(8)16)10-3-2-9(21(13,19)20)6-11(10)15(17)18/h2-3,6,8H,4-5,7H2,1H3,(H2,13,19,20). The van der Waals surface area contributed by atoms with E-state index >= 15 is 0 Å². The number of hydrogen-bond acceptors (Lipinski definition) is 6. The summed E-state index contributed by atoms with van der Waals surface area (Å²) in [6.07, 6.45) is 0.315. The van der Waals surface area contributed by atoms with E-state index in [2.05, 4.69) is 0 Å². The molecule has 1 aromatic rings. The van der Waals surface area contributed by atoms with Crippen LogP contribution >= 0.6 is 0 Å². The second-order valence-corrected chi connectivity index (χ2v) is 6.58. The highest BCUT2D eigenvalue weighted by atomic mass is 32.2. The molecule has 2 rings (SSSR count). The summed E-state index contributed by atoms with van der Waals surface area (Å²) in [6, 6.07) is 3.55. The van der Waals surface area contributed by atoms with E-state index in [1.807, 2.05) is 0 Å². The van der Waals surface area contributed by atoms with Crippen molar-refractivity contribution in [3.8, 4) is 0 Å². The Hall–Kier alpha value is -2.00. The minimum absolute atomic E-state index is 0.120. The maximum atomic E-state index is 11.5. The average Bonchev–Trinajstić information content (AvgIpc) is 2.40. The fraction of sp³-hybridized carbons (Fsp3) is 0.417. The lowest BCUT2D eigenvalue weighted by molar-refractivity contribution is -0.384. The third kappa shape index (κ3) is 3.19. The molecule has 1 aliphatic rings. The summed E-state index contributed by atoms with van der Waals surface area (Å²) in [5, 5.41) is 16.2. The Morgan fingerprint density at radius 1 is 1.43 bits per heavy atom. The first kappa shape index (κ1) is 15.4. The Kier molecular flexibility index (Phi) is 3.97. The number of rotatable bonds is 3. The number of hydrogen-bond donors (Lipinski definition) is 1. The molecule has 9 heteroatoms. The quantitative estimate of drug-likeness (QED) is 0.645. The highest BCUT2D eigenvalue weighted by Crippen LogP contribution is 2.32. The maximum absolute atomic E-state index is 11.5. The normalized spacial score (nSPS) is 19.6. The summed E-state index contributed by atoms with van der Waals surface area (Å²) in [6.45, 7) is 2.51. The second-order valence-electron chi connectivity index (χ2n) is 5.02. The summed E-state index contributed by atoms with van der Waals surface area (Å²) in [5.74, 6) is -0.0914. The first-order valence-electron chi connectivity index (χ1n) is 6.29. The van der Waals surface area contributed by atoms with Crippen LogP contribution in [0.25, 0.3) is 0 Å². The molecule has 114 valence electrons. The van der Waals surface area contributed by atoms with E-state index < -0.39 is 14.9 Å². The van der Waals surface area contributed by atoms with Gasteiger partial charge >= 0.3 is 0 Å². The van der Waals surface area contributed by atoms with Crippen molar-refractivity contribution in [3.63, 3.8) is 0 Å². The first-order chi connectivity index (χ1) is 9.70. The predicted molar refractivity (Wildman–Crippen MR) is 75.5 cm³/mol. The number of piperidine rings is 1. The fourth-order valence-electron chi connectivity index (χ4n) is 2.33. The lowest BCUT2D eigenvalue weighted by Gasteiger charge is -2.31. The van der Waals surface area contributed by atoms with Gasteiger partial charge < -0.3 is 4.90 Å². The van der Waals surface area contributed by atoms with Gasteiger partial charge in [0.2, 0.25) is 10.0 Å². The molecule has 2 N–H and O–H groups in total. The molecule has 1 aliphatic heterocycles. The number of Topliss-reactive ketones (excluding diaryl/α,β-unsaturated/α-hetero) is 1. The number of sulfonamides is 1. The predicted octanol–water partition coefficient (Wildman–Crippen LogP) is 0.658. The fourth-order valence-corrected chi connectivity index (χ4v) is 2.86. The number of nitrogens with zero attached hydrogens (tertiary/aromatic N) is 2. The summed E-state index contributed by atoms with van der Waals surface area (Å²) >= 11 is 0. The van der Waals surface area contributed by atoms with Gasteiger partial charge in [-0.3, -0.25) is 14.9 Å². The molecule has 0 aromatic heterocycles. The van der Waals surface area contributed by atoms with Crippen molar-refractivity contribution < 1.29 is 18.1 Å². The first-order valence-corrected chi connectivity index (χ1v) is 7.83. The largest absolute Gasteiger partial charge is 0.365 e. The van der Waals surface area contributed by atoms with Crippen molar-refractivity contribution in [3.05, 3.63) is 28.3 Å². The molecule has 1 fully saturated rings. The maximum Gasteiger partial charge on any atom is 0.293 e. The van der Waals surface area contributed by atoms with Crippen LogP contribution in [0.3, 0.4) is 0 Å². The molecule has 0 amide bonds. The Morgan fingerprint density at radius 3 is 2.62 bits per heavy atom. The number of carbonyl (C=O) groups is 1. The molecule has 1 atom stereocenters. The van der Waals surface area contributed by atoms with Gasteiger partial charge in [-0.2, -0.15) is 0 Å². The van der Waals surface area contributed by atoms with Gasteiger partial charge in [-0.05, 0) is 12.1 Å². The molecule has 0 spiro atoms. The van der Waals surface area contributed by atoms with Crippen LogP contribution in [0.2, 0.25) is 0 Å². The van der Waals surface area contributed by atoms with Crippen molar-refractivity contribution in [2.75, 3.05) is 18.0 Å². The Balaban J connectivity index is 2.44. The molecule has 0 radical (unpaired) electrons. The van der Waals surface area contributed by atoms with Gasteiger partial charge in [-0.1, -0.05) is 6.92 Å². The van der Waals surface area contributed by atoms with Crippen LogP contribution in [0.1, 0.15) is 13.3 Å². The zero-order valence-electron chi connectivity index (χ0n) is 11.4. The summed E-state index contributed by atoms with van der Waals surface area (Å²) in [5.41, 5.74) is -0.0326. The topological polar surface area (TPSA) is 124 Å². The number of anilines is 1. The van der Waals surface area contributed by atoms with E-state index in [4.69, 9.17) is 5.14 Å². The Bertz CT molecular complexity index is 701. The van der Waals surface area contributed by atoms with E-state index in [0.29, 0.717) is 25.2 Å². The summed E-state index contributed by atoms with van der Waals surface area (Å²) in [4.78, 5) is 23.4. The van der Waals surface area contributed by atoms with E-state index in [9.17, 15) is 23.3 Å². The van der Waals surface area contributed by atoms with Crippen molar-refractivity contribution in [2.24, 2.45) is 11.1 Å². The monoisotopic (exact) mass is 313 g/mol. The molecule has 1 aromatic carbocycles. The van der Waals surface area contributed by atoms with Crippen LogP contribution in [0.4, 0.5) is 11.4 Å². The zero-order valence-corrected chi connectivity index (χ0v) is 12.2. The summed E-state index contributed by atoms with van der Waals surface area (Å²) in [7, 11) is -4.00. The lowest BCUT2D eigenvalue weighted by atomic mass is 9.98. The zero-order chi connectivity index (χ0) is 15.8. The van der Waals surface area contributed by atoms with Gasteiger partial charge in [0, 0.05) is 31.5 Å². The number of benzene rings is 1. The molecule has 21 heavy (non-hydrogen) atoms. The molecule has 8 nitrogen and oxygen atoms in total. The molecule has 0 aliphatic carbocycles. The van der Waals surface area contributed by atoms with E-state index in [0.717, 1.165) is 6.07 Å². The van der Waals surface area contributed by atoms with Crippen molar-refractivity contribution in [1.29, 1.82) is 0 Å². The van der Waals surface area contributed by atoms with E-state index in [-0.39, 0.29) is 22.3 Å². The number of carbonyl (C=O) groups excluding carboxylic acids is 1. The molecule has 1 unspecified atom stereocenters. The van der Waals surface area contributed by atoms with Crippen LogP contribution in [0.5, 0.6) is 0 Å². The lowest BCUT2D eigenvalue weighted by Crippen LogP contribution is -2.39. The molecule has 0 saturated carbocycles. The van der Waals surface area contributed by atoms with Gasteiger partial charge in [0.15, 0.2) is 0 Å². The minimum atomic E-state index is -4.00. The third-order valence-corrected chi connectivity index (χ3v) is 4.40. The molecule has 1 saturated heterocycles. The van der Waals surface area contributed by atoms with Crippen LogP contribution in [0.15, 0.2) is 23.1 Å². The SMILES string of the molecule is CC1CN(c2ccc(S(N)(=O)=O)cc2[N+](=O)[O-])CCC1=O. The van der Waals surface area contributed by atoms with Crippen LogP contribution < -0.4 is 10.0 Å². The van der Waals surface area contributed by atoms with Gasteiger partial charge in [0.05, 0.1) is 9.82 Å². The van der Waals surface area contributed by atoms with Crippen molar-refractivity contribution in [2.45, 2.75) is 18.2 Å². The number of ketones is 1. The van der Waals surface area contributed by atoms with E-state index in [1.54, 1.807) is 11.8 Å². The highest BCUT2D eigenvalue weighted by Gasteiger charge is 2.28. The minimum Gasteiger partial charge on any atom is -0.365 e. The number of nitro benzene ring substituents is 1.